The van der Waals surface area contributed by atoms with Gasteiger partial charge in [0.05, 0.1) is 5.69 Å². The van der Waals surface area contributed by atoms with E-state index in [1.165, 1.54) is 25.7 Å². The predicted octanol–water partition coefficient (Wildman–Crippen LogP) is 2.81. The lowest BCUT2D eigenvalue weighted by atomic mass is 9.89. The molecular weight excluding hydrogens is 186 g/mol. The van der Waals surface area contributed by atoms with Gasteiger partial charge in [-0.15, -0.1) is 0 Å². The second-order valence-corrected chi connectivity index (χ2v) is 5.10. The lowest BCUT2D eigenvalue weighted by Gasteiger charge is -2.24. The molecule has 3 nitrogen and oxygen atoms in total. The summed E-state index contributed by atoms with van der Waals surface area (Å²) in [7, 11) is 1.94. The second-order valence-electron chi connectivity index (χ2n) is 5.10. The van der Waals surface area contributed by atoms with Crippen LogP contribution in [0.15, 0.2) is 6.20 Å². The molecule has 1 fully saturated rings. The van der Waals surface area contributed by atoms with Crippen LogP contribution < -0.4 is 5.32 Å². The summed E-state index contributed by atoms with van der Waals surface area (Å²) in [6.45, 7) is 5.55. The molecule has 0 unspecified atom stereocenters. The summed E-state index contributed by atoms with van der Waals surface area (Å²) in [6, 6.07) is 0. The maximum atomic E-state index is 4.45. The lowest BCUT2D eigenvalue weighted by molar-refractivity contribution is 0.283. The summed E-state index contributed by atoms with van der Waals surface area (Å²) in [6.07, 6.45) is 7.63. The van der Waals surface area contributed by atoms with E-state index in [4.69, 9.17) is 0 Å². The van der Waals surface area contributed by atoms with E-state index in [1.54, 1.807) is 0 Å². The maximum absolute atomic E-state index is 4.45. The molecule has 0 atom stereocenters. The molecule has 1 N–H and O–H groups in total. The molecule has 1 saturated carbocycles. The van der Waals surface area contributed by atoms with Crippen molar-refractivity contribution in [3.63, 3.8) is 0 Å². The van der Waals surface area contributed by atoms with E-state index in [1.807, 2.05) is 14.0 Å². The average molecular weight is 207 g/mol. The number of nitrogens with zero attached hydrogens (tertiary/aromatic N) is 2. The van der Waals surface area contributed by atoms with Crippen LogP contribution >= 0.6 is 0 Å². The lowest BCUT2D eigenvalue weighted by Crippen LogP contribution is -2.20. The van der Waals surface area contributed by atoms with Gasteiger partial charge < -0.3 is 9.88 Å². The Kier molecular flexibility index (Phi) is 2.72. The van der Waals surface area contributed by atoms with Gasteiger partial charge in [-0.2, -0.15) is 0 Å². The smallest absolute Gasteiger partial charge is 0.202 e. The highest BCUT2D eigenvalue weighted by atomic mass is 15.2. The summed E-state index contributed by atoms with van der Waals surface area (Å²) >= 11 is 0. The first-order valence-electron chi connectivity index (χ1n) is 5.84. The fourth-order valence-corrected chi connectivity index (χ4v) is 2.66. The number of aromatic nitrogens is 2. The van der Waals surface area contributed by atoms with Gasteiger partial charge in [-0.05, 0) is 25.2 Å². The summed E-state index contributed by atoms with van der Waals surface area (Å²) < 4.78 is 2.26. The summed E-state index contributed by atoms with van der Waals surface area (Å²) in [5, 5.41) is 3.16. The molecule has 1 aliphatic carbocycles. The van der Waals surface area contributed by atoms with Gasteiger partial charge in [0.25, 0.3) is 0 Å². The van der Waals surface area contributed by atoms with Gasteiger partial charge in [-0.25, -0.2) is 4.98 Å². The van der Waals surface area contributed by atoms with Crippen LogP contribution in [-0.4, -0.2) is 16.6 Å². The first kappa shape index (κ1) is 10.5. The van der Waals surface area contributed by atoms with Gasteiger partial charge in [-0.1, -0.05) is 19.8 Å². The normalized spacial score (nSPS) is 19.4. The monoisotopic (exact) mass is 207 g/mol. The van der Waals surface area contributed by atoms with Crippen molar-refractivity contribution in [2.24, 2.45) is 5.41 Å². The Labute approximate surface area is 91.9 Å². The van der Waals surface area contributed by atoms with Gasteiger partial charge in [0.1, 0.15) is 0 Å². The van der Waals surface area contributed by atoms with Gasteiger partial charge in [0, 0.05) is 19.8 Å². The van der Waals surface area contributed by atoms with Gasteiger partial charge in [0.2, 0.25) is 5.95 Å². The number of imidazole rings is 1. The Morgan fingerprint density at radius 1 is 1.47 bits per heavy atom. The van der Waals surface area contributed by atoms with Gasteiger partial charge >= 0.3 is 0 Å². The zero-order valence-corrected chi connectivity index (χ0v) is 10.0. The van der Waals surface area contributed by atoms with Crippen molar-refractivity contribution in [1.82, 2.24) is 9.55 Å². The molecule has 0 radical (unpaired) electrons. The molecule has 0 aliphatic heterocycles. The van der Waals surface area contributed by atoms with E-state index in [2.05, 4.69) is 28.0 Å². The van der Waals surface area contributed by atoms with Crippen molar-refractivity contribution >= 4 is 5.95 Å². The number of nitrogens with one attached hydrogen (secondary N) is 1. The topological polar surface area (TPSA) is 29.9 Å². The second kappa shape index (κ2) is 3.87. The SMILES string of the molecule is CNc1nc(C)cn1CC1(C)CCCC1. The van der Waals surface area contributed by atoms with Crippen molar-refractivity contribution in [3.05, 3.63) is 11.9 Å². The minimum Gasteiger partial charge on any atom is -0.359 e. The Hall–Kier alpha value is -0.990. The van der Waals surface area contributed by atoms with E-state index in [9.17, 15) is 0 Å². The van der Waals surface area contributed by atoms with E-state index < -0.39 is 0 Å². The van der Waals surface area contributed by atoms with Crippen molar-refractivity contribution in [2.45, 2.75) is 46.1 Å². The third kappa shape index (κ3) is 2.16. The number of hydrogen-bond donors (Lipinski definition) is 1. The first-order chi connectivity index (χ1) is 7.13. The van der Waals surface area contributed by atoms with E-state index >= 15 is 0 Å². The molecule has 15 heavy (non-hydrogen) atoms. The van der Waals surface area contributed by atoms with Crippen LogP contribution in [0.3, 0.4) is 0 Å². The predicted molar refractivity (Wildman–Crippen MR) is 63.1 cm³/mol. The molecule has 1 heterocycles. The summed E-state index contributed by atoms with van der Waals surface area (Å²) in [5.74, 6) is 1.00. The molecule has 1 aliphatic rings. The van der Waals surface area contributed by atoms with Crippen molar-refractivity contribution in [3.8, 4) is 0 Å². The highest BCUT2D eigenvalue weighted by molar-refractivity contribution is 5.27. The maximum Gasteiger partial charge on any atom is 0.202 e. The van der Waals surface area contributed by atoms with Gasteiger partial charge in [-0.3, -0.25) is 0 Å². The standard InChI is InChI=1S/C12H21N3/c1-10-8-15(11(13-3)14-10)9-12(2)6-4-5-7-12/h8H,4-7,9H2,1-3H3,(H,13,14). The minimum absolute atomic E-state index is 0.485. The Morgan fingerprint density at radius 3 is 2.73 bits per heavy atom. The third-order valence-electron chi connectivity index (χ3n) is 3.48. The Morgan fingerprint density at radius 2 is 2.13 bits per heavy atom. The zero-order chi connectivity index (χ0) is 10.9. The molecule has 0 bridgehead atoms. The van der Waals surface area contributed by atoms with Crippen molar-refractivity contribution < 1.29 is 0 Å². The van der Waals surface area contributed by atoms with Crippen LogP contribution in [0.2, 0.25) is 0 Å². The summed E-state index contributed by atoms with van der Waals surface area (Å²) in [5.41, 5.74) is 1.58. The Bertz CT molecular complexity index is 335. The van der Waals surface area contributed by atoms with E-state index in [-0.39, 0.29) is 0 Å². The number of aryl methyl sites for hydroxylation is 1. The zero-order valence-electron chi connectivity index (χ0n) is 10.0. The minimum atomic E-state index is 0.485. The molecule has 0 spiro atoms. The molecule has 3 heteroatoms. The Balaban J connectivity index is 2.15. The largest absolute Gasteiger partial charge is 0.359 e. The van der Waals surface area contributed by atoms with Crippen LogP contribution in [0.1, 0.15) is 38.3 Å². The van der Waals surface area contributed by atoms with E-state index in [0.717, 1.165) is 18.2 Å². The molecule has 0 aromatic carbocycles. The molecule has 1 aromatic heterocycles. The number of anilines is 1. The highest BCUT2D eigenvalue weighted by Crippen LogP contribution is 2.39. The molecule has 1 aromatic rings. The quantitative estimate of drug-likeness (QED) is 0.826. The van der Waals surface area contributed by atoms with Crippen molar-refractivity contribution in [2.75, 3.05) is 12.4 Å². The van der Waals surface area contributed by atoms with Crippen LogP contribution in [0.5, 0.6) is 0 Å². The van der Waals surface area contributed by atoms with Crippen LogP contribution in [0.25, 0.3) is 0 Å². The number of rotatable bonds is 3. The number of hydrogen-bond acceptors (Lipinski definition) is 2. The molecule has 0 amide bonds. The molecule has 0 saturated heterocycles. The molecular formula is C12H21N3. The van der Waals surface area contributed by atoms with Gasteiger partial charge in [0.15, 0.2) is 0 Å². The molecule has 2 rings (SSSR count). The van der Waals surface area contributed by atoms with Crippen LogP contribution in [0, 0.1) is 12.3 Å². The van der Waals surface area contributed by atoms with Crippen molar-refractivity contribution in [1.29, 1.82) is 0 Å². The fraction of sp³-hybridized carbons (Fsp3) is 0.750. The first-order valence-corrected chi connectivity index (χ1v) is 5.84. The molecule has 84 valence electrons. The average Bonchev–Trinajstić information content (AvgIpc) is 2.73. The van der Waals surface area contributed by atoms with Crippen LogP contribution in [0.4, 0.5) is 5.95 Å². The highest BCUT2D eigenvalue weighted by Gasteiger charge is 2.29. The van der Waals surface area contributed by atoms with Crippen LogP contribution in [-0.2, 0) is 6.54 Å². The van der Waals surface area contributed by atoms with E-state index in [0.29, 0.717) is 5.41 Å². The third-order valence-corrected chi connectivity index (χ3v) is 3.48. The fourth-order valence-electron chi connectivity index (χ4n) is 2.66. The summed E-state index contributed by atoms with van der Waals surface area (Å²) in [4.78, 5) is 4.45.